The summed E-state index contributed by atoms with van der Waals surface area (Å²) in [5.74, 6) is 0.271. The van der Waals surface area contributed by atoms with E-state index in [1.54, 1.807) is 0 Å². The standard InChI is InChI=1S/C15H22BrNO2/c1-5-19-9-14(10(2)3)17-15(18)12-8-11(4)6-7-13(12)16/h6-8,10,14H,5,9H2,1-4H3,(H,17,18). The van der Waals surface area contributed by atoms with E-state index in [4.69, 9.17) is 4.74 Å². The second kappa shape index (κ2) is 7.65. The van der Waals surface area contributed by atoms with Crippen molar-refractivity contribution in [3.05, 3.63) is 33.8 Å². The fourth-order valence-corrected chi connectivity index (χ4v) is 2.13. The second-order valence-corrected chi connectivity index (χ2v) is 5.82. The van der Waals surface area contributed by atoms with Crippen LogP contribution < -0.4 is 5.32 Å². The molecule has 0 aliphatic rings. The molecular weight excluding hydrogens is 306 g/mol. The SMILES string of the molecule is CCOCC(NC(=O)c1cc(C)ccc1Br)C(C)C. The molecular formula is C15H22BrNO2. The third-order valence-corrected chi connectivity index (χ3v) is 3.68. The molecule has 1 aromatic rings. The van der Waals surface area contributed by atoms with Gasteiger partial charge in [-0.3, -0.25) is 4.79 Å². The van der Waals surface area contributed by atoms with Gasteiger partial charge in [0, 0.05) is 11.1 Å². The zero-order valence-electron chi connectivity index (χ0n) is 12.0. The smallest absolute Gasteiger partial charge is 0.252 e. The average molecular weight is 328 g/mol. The highest BCUT2D eigenvalue weighted by molar-refractivity contribution is 9.10. The first-order chi connectivity index (χ1) is 8.95. The fraction of sp³-hybridized carbons (Fsp3) is 0.533. The number of benzene rings is 1. The molecule has 1 rings (SSSR count). The Hall–Kier alpha value is -0.870. The molecule has 1 N–H and O–H groups in total. The third kappa shape index (κ3) is 4.96. The monoisotopic (exact) mass is 327 g/mol. The van der Waals surface area contributed by atoms with Crippen LogP contribution in [0.4, 0.5) is 0 Å². The van der Waals surface area contributed by atoms with Crippen molar-refractivity contribution in [3.63, 3.8) is 0 Å². The zero-order valence-corrected chi connectivity index (χ0v) is 13.6. The van der Waals surface area contributed by atoms with Gasteiger partial charge in [-0.25, -0.2) is 0 Å². The first-order valence-electron chi connectivity index (χ1n) is 6.60. The van der Waals surface area contributed by atoms with Gasteiger partial charge in [0.05, 0.1) is 18.2 Å². The molecule has 0 aliphatic heterocycles. The van der Waals surface area contributed by atoms with Crippen LogP contribution in [-0.2, 0) is 4.74 Å². The number of amides is 1. The molecule has 1 atom stereocenters. The maximum Gasteiger partial charge on any atom is 0.252 e. The molecule has 3 nitrogen and oxygen atoms in total. The largest absolute Gasteiger partial charge is 0.380 e. The van der Waals surface area contributed by atoms with E-state index in [-0.39, 0.29) is 11.9 Å². The average Bonchev–Trinajstić information content (AvgIpc) is 2.36. The van der Waals surface area contributed by atoms with Crippen LogP contribution >= 0.6 is 15.9 Å². The van der Waals surface area contributed by atoms with Gasteiger partial charge in [-0.1, -0.05) is 25.5 Å². The Balaban J connectivity index is 2.78. The van der Waals surface area contributed by atoms with Gasteiger partial charge < -0.3 is 10.1 Å². The molecule has 1 amide bonds. The Morgan fingerprint density at radius 2 is 2.11 bits per heavy atom. The van der Waals surface area contributed by atoms with Gasteiger partial charge in [0.25, 0.3) is 5.91 Å². The highest BCUT2D eigenvalue weighted by Crippen LogP contribution is 2.18. The van der Waals surface area contributed by atoms with Crippen LogP contribution in [0, 0.1) is 12.8 Å². The van der Waals surface area contributed by atoms with Crippen LogP contribution in [0.3, 0.4) is 0 Å². The van der Waals surface area contributed by atoms with Gasteiger partial charge in [-0.15, -0.1) is 0 Å². The number of nitrogens with one attached hydrogen (secondary N) is 1. The van der Waals surface area contributed by atoms with Crippen molar-refractivity contribution < 1.29 is 9.53 Å². The van der Waals surface area contributed by atoms with Crippen LogP contribution in [-0.4, -0.2) is 25.2 Å². The van der Waals surface area contributed by atoms with E-state index < -0.39 is 0 Å². The Kier molecular flexibility index (Phi) is 6.52. The van der Waals surface area contributed by atoms with Crippen molar-refractivity contribution in [2.24, 2.45) is 5.92 Å². The van der Waals surface area contributed by atoms with Crippen LogP contribution in [0.5, 0.6) is 0 Å². The lowest BCUT2D eigenvalue weighted by atomic mass is 10.0. The summed E-state index contributed by atoms with van der Waals surface area (Å²) in [7, 11) is 0. The van der Waals surface area contributed by atoms with Gasteiger partial charge in [0.1, 0.15) is 0 Å². The quantitative estimate of drug-likeness (QED) is 0.867. The number of halogens is 1. The molecule has 0 spiro atoms. The molecule has 4 heteroatoms. The first-order valence-corrected chi connectivity index (χ1v) is 7.39. The van der Waals surface area contributed by atoms with E-state index in [0.717, 1.165) is 10.0 Å². The van der Waals surface area contributed by atoms with Crippen LogP contribution in [0.25, 0.3) is 0 Å². The first kappa shape index (κ1) is 16.2. The minimum atomic E-state index is -0.0611. The van der Waals surface area contributed by atoms with Crippen molar-refractivity contribution in [1.82, 2.24) is 5.32 Å². The number of carbonyl (C=O) groups is 1. The lowest BCUT2D eigenvalue weighted by Gasteiger charge is -2.22. The Morgan fingerprint density at radius 3 is 2.68 bits per heavy atom. The minimum absolute atomic E-state index is 0.0277. The topological polar surface area (TPSA) is 38.3 Å². The summed E-state index contributed by atoms with van der Waals surface area (Å²) in [5, 5.41) is 3.04. The molecule has 19 heavy (non-hydrogen) atoms. The maximum atomic E-state index is 12.3. The fourth-order valence-electron chi connectivity index (χ4n) is 1.70. The Morgan fingerprint density at radius 1 is 1.42 bits per heavy atom. The number of hydrogen-bond donors (Lipinski definition) is 1. The summed E-state index contributed by atoms with van der Waals surface area (Å²) in [6.07, 6.45) is 0. The second-order valence-electron chi connectivity index (χ2n) is 4.97. The molecule has 0 aromatic heterocycles. The molecule has 0 fully saturated rings. The highest BCUT2D eigenvalue weighted by atomic mass is 79.9. The van der Waals surface area contributed by atoms with E-state index in [9.17, 15) is 4.79 Å². The van der Waals surface area contributed by atoms with E-state index in [1.807, 2.05) is 32.0 Å². The van der Waals surface area contributed by atoms with E-state index >= 15 is 0 Å². The molecule has 0 saturated heterocycles. The minimum Gasteiger partial charge on any atom is -0.380 e. The van der Waals surface area contributed by atoms with Crippen molar-refractivity contribution in [3.8, 4) is 0 Å². The van der Waals surface area contributed by atoms with Crippen molar-refractivity contribution in [1.29, 1.82) is 0 Å². The normalized spacial score (nSPS) is 12.5. The van der Waals surface area contributed by atoms with Gasteiger partial charge in [-0.2, -0.15) is 0 Å². The number of hydrogen-bond acceptors (Lipinski definition) is 2. The third-order valence-electron chi connectivity index (χ3n) is 2.99. The predicted octanol–water partition coefficient (Wildman–Crippen LogP) is 3.55. The summed E-state index contributed by atoms with van der Waals surface area (Å²) in [6, 6.07) is 5.79. The molecule has 0 aliphatic carbocycles. The van der Waals surface area contributed by atoms with Gasteiger partial charge in [-0.05, 0) is 47.8 Å². The maximum absolute atomic E-state index is 12.3. The van der Waals surface area contributed by atoms with E-state index in [1.165, 1.54) is 0 Å². The number of ether oxygens (including phenoxy) is 1. The lowest BCUT2D eigenvalue weighted by molar-refractivity contribution is 0.0805. The summed E-state index contributed by atoms with van der Waals surface area (Å²) in [5.41, 5.74) is 1.74. The Labute approximate surface area is 123 Å². The molecule has 106 valence electrons. The number of aryl methyl sites for hydroxylation is 1. The predicted molar refractivity (Wildman–Crippen MR) is 81.5 cm³/mol. The van der Waals surface area contributed by atoms with E-state index in [0.29, 0.717) is 24.7 Å². The van der Waals surface area contributed by atoms with Crippen molar-refractivity contribution in [2.45, 2.75) is 33.7 Å². The highest BCUT2D eigenvalue weighted by Gasteiger charge is 2.18. The molecule has 0 saturated carbocycles. The summed E-state index contributed by atoms with van der Waals surface area (Å²) >= 11 is 3.42. The summed E-state index contributed by atoms with van der Waals surface area (Å²) in [6.45, 7) is 9.29. The van der Waals surface area contributed by atoms with Gasteiger partial charge in [0.2, 0.25) is 0 Å². The van der Waals surface area contributed by atoms with Crippen LogP contribution in [0.15, 0.2) is 22.7 Å². The summed E-state index contributed by atoms with van der Waals surface area (Å²) < 4.78 is 6.24. The lowest BCUT2D eigenvalue weighted by Crippen LogP contribution is -2.42. The summed E-state index contributed by atoms with van der Waals surface area (Å²) in [4.78, 5) is 12.3. The van der Waals surface area contributed by atoms with Crippen LogP contribution in [0.2, 0.25) is 0 Å². The molecule has 0 heterocycles. The molecule has 1 aromatic carbocycles. The van der Waals surface area contributed by atoms with Crippen molar-refractivity contribution in [2.75, 3.05) is 13.2 Å². The number of carbonyl (C=O) groups excluding carboxylic acids is 1. The molecule has 0 bridgehead atoms. The Bertz CT molecular complexity index is 432. The zero-order chi connectivity index (χ0) is 14.4. The van der Waals surface area contributed by atoms with Crippen molar-refractivity contribution >= 4 is 21.8 Å². The number of rotatable bonds is 6. The van der Waals surface area contributed by atoms with Gasteiger partial charge in [0.15, 0.2) is 0 Å². The van der Waals surface area contributed by atoms with E-state index in [2.05, 4.69) is 35.1 Å². The molecule has 0 radical (unpaired) electrons. The van der Waals surface area contributed by atoms with Gasteiger partial charge >= 0.3 is 0 Å². The van der Waals surface area contributed by atoms with Crippen LogP contribution in [0.1, 0.15) is 36.7 Å². The molecule has 1 unspecified atom stereocenters.